The lowest BCUT2D eigenvalue weighted by molar-refractivity contribution is -0.133. The van der Waals surface area contributed by atoms with Gasteiger partial charge in [-0.25, -0.2) is 9.37 Å². The standard InChI is InChI=1S/C36H35FN4O2S/c37-29-16-11-17-30(26-29)41-35(43)31-18-7-8-19-32(31)38-36(41)44-25-10-9-20-33(42)39-21-23-40(24-22-39)34(27-12-3-1-4-13-27)28-14-5-2-6-15-28/h1-8,11-19,26,34H,9-10,20-25H2. The highest BCUT2D eigenvalue weighted by molar-refractivity contribution is 7.99. The summed E-state index contributed by atoms with van der Waals surface area (Å²) in [6.45, 7) is 3.07. The number of nitrogens with zero attached hydrogens (tertiary/aromatic N) is 4. The number of hydrogen-bond donors (Lipinski definition) is 0. The first kappa shape index (κ1) is 29.8. The van der Waals surface area contributed by atoms with Crippen LogP contribution in [0.1, 0.15) is 36.4 Å². The van der Waals surface area contributed by atoms with Gasteiger partial charge in [0.15, 0.2) is 5.16 Å². The molecule has 0 radical (unpaired) electrons. The molecule has 224 valence electrons. The molecule has 0 N–H and O–H groups in total. The summed E-state index contributed by atoms with van der Waals surface area (Å²) in [4.78, 5) is 35.7. The normalized spacial score (nSPS) is 13.9. The Bertz CT molecular complexity index is 1730. The van der Waals surface area contributed by atoms with Crippen LogP contribution in [-0.2, 0) is 4.79 Å². The number of rotatable bonds is 10. The van der Waals surface area contributed by atoms with Crippen molar-refractivity contribution in [2.45, 2.75) is 30.5 Å². The molecule has 0 aliphatic carbocycles. The van der Waals surface area contributed by atoms with E-state index in [9.17, 15) is 14.0 Å². The van der Waals surface area contributed by atoms with Gasteiger partial charge in [0.05, 0.1) is 22.6 Å². The van der Waals surface area contributed by atoms with Crippen LogP contribution in [0.15, 0.2) is 119 Å². The molecule has 1 aliphatic heterocycles. The van der Waals surface area contributed by atoms with Gasteiger partial charge in [0.25, 0.3) is 5.56 Å². The Balaban J connectivity index is 1.04. The Kier molecular flexibility index (Phi) is 9.48. The Morgan fingerprint density at radius 3 is 2.14 bits per heavy atom. The number of carbonyl (C=O) groups excluding carboxylic acids is 1. The van der Waals surface area contributed by atoms with Gasteiger partial charge < -0.3 is 4.90 Å². The van der Waals surface area contributed by atoms with Gasteiger partial charge in [-0.05, 0) is 54.3 Å². The molecular weight excluding hydrogens is 571 g/mol. The van der Waals surface area contributed by atoms with E-state index in [2.05, 4.69) is 53.4 Å². The molecular formula is C36H35FN4O2S. The molecule has 2 heterocycles. The SMILES string of the molecule is O=C(CCCCSc1nc2ccccc2c(=O)n1-c1cccc(F)c1)N1CCN(C(c2ccccc2)c2ccccc2)CC1. The van der Waals surface area contributed by atoms with Gasteiger partial charge in [-0.15, -0.1) is 0 Å². The topological polar surface area (TPSA) is 58.4 Å². The lowest BCUT2D eigenvalue weighted by Gasteiger charge is -2.40. The number of amides is 1. The van der Waals surface area contributed by atoms with Gasteiger partial charge >= 0.3 is 0 Å². The van der Waals surface area contributed by atoms with Crippen LogP contribution in [0.3, 0.4) is 0 Å². The lowest BCUT2D eigenvalue weighted by atomic mass is 9.96. The minimum atomic E-state index is -0.409. The first-order chi connectivity index (χ1) is 21.6. The van der Waals surface area contributed by atoms with E-state index in [1.54, 1.807) is 24.3 Å². The van der Waals surface area contributed by atoms with Crippen LogP contribution < -0.4 is 5.56 Å². The number of hydrogen-bond acceptors (Lipinski definition) is 5. The second kappa shape index (κ2) is 14.0. The van der Waals surface area contributed by atoms with Crippen LogP contribution >= 0.6 is 11.8 Å². The lowest BCUT2D eigenvalue weighted by Crippen LogP contribution is -2.49. The van der Waals surface area contributed by atoms with Gasteiger partial charge in [-0.2, -0.15) is 0 Å². The number of fused-ring (bicyclic) bond motifs is 1. The fraction of sp³-hybridized carbons (Fsp3) is 0.250. The fourth-order valence-corrected chi connectivity index (χ4v) is 6.88. The monoisotopic (exact) mass is 606 g/mol. The Morgan fingerprint density at radius 1 is 0.795 bits per heavy atom. The molecule has 6 nitrogen and oxygen atoms in total. The van der Waals surface area contributed by atoms with E-state index >= 15 is 0 Å². The number of carbonyl (C=O) groups is 1. The van der Waals surface area contributed by atoms with E-state index in [-0.39, 0.29) is 17.5 Å². The summed E-state index contributed by atoms with van der Waals surface area (Å²) < 4.78 is 15.5. The fourth-order valence-electron chi connectivity index (χ4n) is 5.87. The summed E-state index contributed by atoms with van der Waals surface area (Å²) in [7, 11) is 0. The highest BCUT2D eigenvalue weighted by Crippen LogP contribution is 2.30. The van der Waals surface area contributed by atoms with Crippen molar-refractivity contribution >= 4 is 28.6 Å². The quantitative estimate of drug-likeness (QED) is 0.100. The number of thioether (sulfide) groups is 1. The van der Waals surface area contributed by atoms with E-state index in [0.717, 1.165) is 25.9 Å². The van der Waals surface area contributed by atoms with Crippen molar-refractivity contribution in [3.05, 3.63) is 136 Å². The molecule has 4 aromatic carbocycles. The number of piperazine rings is 1. The zero-order valence-electron chi connectivity index (χ0n) is 24.5. The first-order valence-electron chi connectivity index (χ1n) is 15.1. The third-order valence-corrected chi connectivity index (χ3v) is 9.12. The Labute approximate surface area is 261 Å². The molecule has 8 heteroatoms. The maximum Gasteiger partial charge on any atom is 0.266 e. The summed E-state index contributed by atoms with van der Waals surface area (Å²) in [5, 5.41) is 1.01. The van der Waals surface area contributed by atoms with Gasteiger partial charge in [-0.1, -0.05) is 90.6 Å². The van der Waals surface area contributed by atoms with Gasteiger partial charge in [-0.3, -0.25) is 19.1 Å². The number of halogens is 1. The van der Waals surface area contributed by atoms with Crippen molar-refractivity contribution in [2.75, 3.05) is 31.9 Å². The van der Waals surface area contributed by atoms with Gasteiger partial charge in [0, 0.05) is 38.4 Å². The van der Waals surface area contributed by atoms with Crippen LogP contribution in [0, 0.1) is 5.82 Å². The third kappa shape index (κ3) is 6.77. The van der Waals surface area contributed by atoms with Gasteiger partial charge in [0.1, 0.15) is 5.82 Å². The van der Waals surface area contributed by atoms with Crippen molar-refractivity contribution in [3.63, 3.8) is 0 Å². The number of aromatic nitrogens is 2. The minimum Gasteiger partial charge on any atom is -0.340 e. The van der Waals surface area contributed by atoms with E-state index in [0.29, 0.717) is 47.0 Å². The van der Waals surface area contributed by atoms with Crippen molar-refractivity contribution in [1.29, 1.82) is 0 Å². The van der Waals surface area contributed by atoms with Crippen molar-refractivity contribution in [1.82, 2.24) is 19.4 Å². The molecule has 0 unspecified atom stereocenters. The van der Waals surface area contributed by atoms with Crippen molar-refractivity contribution in [3.8, 4) is 5.69 Å². The van der Waals surface area contributed by atoms with Crippen LogP contribution in [-0.4, -0.2) is 57.2 Å². The number of para-hydroxylation sites is 1. The second-order valence-electron chi connectivity index (χ2n) is 11.0. The van der Waals surface area contributed by atoms with E-state index < -0.39 is 5.82 Å². The minimum absolute atomic E-state index is 0.167. The van der Waals surface area contributed by atoms with Crippen LogP contribution in [0.5, 0.6) is 0 Å². The van der Waals surface area contributed by atoms with Gasteiger partial charge in [0.2, 0.25) is 5.91 Å². The molecule has 1 aromatic heterocycles. The maximum absolute atomic E-state index is 14.0. The van der Waals surface area contributed by atoms with E-state index in [4.69, 9.17) is 4.98 Å². The predicted octanol–water partition coefficient (Wildman–Crippen LogP) is 6.72. The summed E-state index contributed by atoms with van der Waals surface area (Å²) >= 11 is 1.46. The Morgan fingerprint density at radius 2 is 1.45 bits per heavy atom. The molecule has 6 rings (SSSR count). The van der Waals surface area contributed by atoms with Crippen LogP contribution in [0.2, 0.25) is 0 Å². The summed E-state index contributed by atoms with van der Waals surface area (Å²) in [5.41, 5.74) is 3.37. The molecule has 5 aromatic rings. The van der Waals surface area contributed by atoms with E-state index in [1.165, 1.54) is 39.6 Å². The maximum atomic E-state index is 14.0. The smallest absolute Gasteiger partial charge is 0.266 e. The predicted molar refractivity (Wildman–Crippen MR) is 175 cm³/mol. The molecule has 0 atom stereocenters. The number of benzene rings is 4. The highest BCUT2D eigenvalue weighted by Gasteiger charge is 2.28. The average Bonchev–Trinajstić information content (AvgIpc) is 3.06. The molecule has 0 saturated carbocycles. The zero-order chi connectivity index (χ0) is 30.3. The molecule has 44 heavy (non-hydrogen) atoms. The summed E-state index contributed by atoms with van der Waals surface area (Å²) in [6.07, 6.45) is 2.04. The largest absolute Gasteiger partial charge is 0.340 e. The van der Waals surface area contributed by atoms with Crippen molar-refractivity contribution < 1.29 is 9.18 Å². The third-order valence-electron chi connectivity index (χ3n) is 8.09. The highest BCUT2D eigenvalue weighted by atomic mass is 32.2. The average molecular weight is 607 g/mol. The van der Waals surface area contributed by atoms with Crippen LogP contribution in [0.4, 0.5) is 4.39 Å². The molecule has 1 aliphatic rings. The first-order valence-corrected chi connectivity index (χ1v) is 16.1. The van der Waals surface area contributed by atoms with E-state index in [1.807, 2.05) is 29.2 Å². The van der Waals surface area contributed by atoms with Crippen molar-refractivity contribution in [2.24, 2.45) is 0 Å². The molecule has 1 saturated heterocycles. The summed E-state index contributed by atoms with van der Waals surface area (Å²) in [6, 6.07) is 34.5. The Hall–Kier alpha value is -4.27. The number of unbranched alkanes of at least 4 members (excludes halogenated alkanes) is 1. The second-order valence-corrected chi connectivity index (χ2v) is 12.0. The zero-order valence-corrected chi connectivity index (χ0v) is 25.3. The summed E-state index contributed by atoms with van der Waals surface area (Å²) in [5.74, 6) is 0.469. The molecule has 1 fully saturated rings. The molecule has 0 spiro atoms. The molecule has 0 bridgehead atoms. The molecule has 1 amide bonds. The van der Waals surface area contributed by atoms with Crippen LogP contribution in [0.25, 0.3) is 16.6 Å².